The summed E-state index contributed by atoms with van der Waals surface area (Å²) in [5, 5.41) is 0. The first-order chi connectivity index (χ1) is 10.3. The summed E-state index contributed by atoms with van der Waals surface area (Å²) in [5.41, 5.74) is 0. The fraction of sp³-hybridized carbons (Fsp3) is 0.933. The molecule has 2 aliphatic rings. The molecule has 1 atom stereocenters. The van der Waals surface area contributed by atoms with Gasteiger partial charge < -0.3 is 28.4 Å². The van der Waals surface area contributed by atoms with Crippen molar-refractivity contribution >= 4 is 5.97 Å². The van der Waals surface area contributed by atoms with Crippen molar-refractivity contribution in [3.63, 3.8) is 0 Å². The van der Waals surface area contributed by atoms with Crippen molar-refractivity contribution in [1.29, 1.82) is 0 Å². The number of rotatable bonds is 6. The molecule has 0 saturated carbocycles. The summed E-state index contributed by atoms with van der Waals surface area (Å²) in [6.45, 7) is 9.22. The Morgan fingerprint density at radius 3 is 2.27 bits per heavy atom. The lowest BCUT2D eigenvalue weighted by Gasteiger charge is -2.34. The van der Waals surface area contributed by atoms with E-state index < -0.39 is 11.6 Å². The number of hydrogen-bond acceptors (Lipinski definition) is 7. The van der Waals surface area contributed by atoms with E-state index in [2.05, 4.69) is 0 Å². The lowest BCUT2D eigenvalue weighted by molar-refractivity contribution is -0.279. The SMILES string of the molecule is CC1(C)OCC(OCCC(=O)OCC2COC(C)(C)O2)CO1. The first-order valence-corrected chi connectivity index (χ1v) is 7.63. The van der Waals surface area contributed by atoms with E-state index in [0.29, 0.717) is 19.8 Å². The van der Waals surface area contributed by atoms with E-state index in [0.717, 1.165) is 0 Å². The van der Waals surface area contributed by atoms with Gasteiger partial charge in [-0.3, -0.25) is 4.79 Å². The third kappa shape index (κ3) is 5.81. The number of esters is 1. The van der Waals surface area contributed by atoms with Gasteiger partial charge in [0.1, 0.15) is 18.8 Å². The van der Waals surface area contributed by atoms with Crippen molar-refractivity contribution < 1.29 is 33.2 Å². The van der Waals surface area contributed by atoms with E-state index in [4.69, 9.17) is 28.4 Å². The summed E-state index contributed by atoms with van der Waals surface area (Å²) in [7, 11) is 0. The first-order valence-electron chi connectivity index (χ1n) is 7.63. The average Bonchev–Trinajstić information content (AvgIpc) is 2.78. The van der Waals surface area contributed by atoms with Crippen molar-refractivity contribution in [3.8, 4) is 0 Å². The van der Waals surface area contributed by atoms with Gasteiger partial charge in [0.2, 0.25) is 0 Å². The maximum Gasteiger partial charge on any atom is 0.308 e. The molecule has 22 heavy (non-hydrogen) atoms. The highest BCUT2D eigenvalue weighted by Gasteiger charge is 2.33. The van der Waals surface area contributed by atoms with Crippen molar-refractivity contribution in [2.45, 2.75) is 57.9 Å². The van der Waals surface area contributed by atoms with Crippen LogP contribution in [0.4, 0.5) is 0 Å². The molecule has 0 aromatic carbocycles. The Hall–Kier alpha value is -0.730. The van der Waals surface area contributed by atoms with E-state index >= 15 is 0 Å². The van der Waals surface area contributed by atoms with Crippen molar-refractivity contribution in [3.05, 3.63) is 0 Å². The van der Waals surface area contributed by atoms with Crippen LogP contribution in [0.25, 0.3) is 0 Å². The third-order valence-electron chi connectivity index (χ3n) is 3.39. The highest BCUT2D eigenvalue weighted by Crippen LogP contribution is 2.22. The van der Waals surface area contributed by atoms with Crippen LogP contribution in [0, 0.1) is 0 Å². The summed E-state index contributed by atoms with van der Waals surface area (Å²) in [6.07, 6.45) is -0.160. The molecule has 0 aromatic rings. The number of ether oxygens (including phenoxy) is 6. The van der Waals surface area contributed by atoms with Gasteiger partial charge in [-0.2, -0.15) is 0 Å². The van der Waals surface area contributed by atoms with Gasteiger partial charge in [0.15, 0.2) is 11.6 Å². The molecule has 1 unspecified atom stereocenters. The van der Waals surface area contributed by atoms with Gasteiger partial charge in [-0.1, -0.05) is 0 Å². The Bertz CT molecular complexity index is 370. The average molecular weight is 318 g/mol. The summed E-state index contributed by atoms with van der Waals surface area (Å²) in [5.74, 6) is -1.48. The molecular weight excluding hydrogens is 292 g/mol. The minimum atomic E-state index is -0.602. The summed E-state index contributed by atoms with van der Waals surface area (Å²) < 4.78 is 32.6. The van der Waals surface area contributed by atoms with Crippen LogP contribution in [0.5, 0.6) is 0 Å². The molecule has 0 amide bonds. The second-order valence-electron chi connectivity index (χ2n) is 6.40. The molecule has 2 aliphatic heterocycles. The maximum absolute atomic E-state index is 11.6. The van der Waals surface area contributed by atoms with Crippen LogP contribution in [0.1, 0.15) is 34.1 Å². The molecular formula is C15H26O7. The molecule has 0 aromatic heterocycles. The smallest absolute Gasteiger partial charge is 0.308 e. The van der Waals surface area contributed by atoms with Gasteiger partial charge in [0.05, 0.1) is 32.8 Å². The Balaban J connectivity index is 1.53. The number of carbonyl (C=O) groups is 1. The van der Waals surface area contributed by atoms with E-state index in [-0.39, 0.29) is 37.8 Å². The van der Waals surface area contributed by atoms with Crippen LogP contribution in [0.2, 0.25) is 0 Å². The molecule has 128 valence electrons. The minimum Gasteiger partial charge on any atom is -0.463 e. The molecule has 2 rings (SSSR count). The zero-order valence-corrected chi connectivity index (χ0v) is 13.8. The number of carbonyl (C=O) groups excluding carboxylic acids is 1. The molecule has 2 heterocycles. The van der Waals surface area contributed by atoms with E-state index in [9.17, 15) is 4.79 Å². The van der Waals surface area contributed by atoms with Crippen molar-refractivity contribution in [2.24, 2.45) is 0 Å². The predicted octanol–water partition coefficient (Wildman–Crippen LogP) is 1.24. The topological polar surface area (TPSA) is 72.5 Å². The highest BCUT2D eigenvalue weighted by atomic mass is 16.7. The Morgan fingerprint density at radius 1 is 1.05 bits per heavy atom. The summed E-state index contributed by atoms with van der Waals surface area (Å²) in [6, 6.07) is 0. The maximum atomic E-state index is 11.6. The summed E-state index contributed by atoms with van der Waals surface area (Å²) >= 11 is 0. The van der Waals surface area contributed by atoms with Crippen LogP contribution >= 0.6 is 0 Å². The minimum absolute atomic E-state index is 0.145. The second kappa shape index (κ2) is 7.23. The molecule has 2 saturated heterocycles. The lowest BCUT2D eigenvalue weighted by Crippen LogP contribution is -2.43. The van der Waals surface area contributed by atoms with Gasteiger partial charge in [-0.15, -0.1) is 0 Å². The van der Waals surface area contributed by atoms with Crippen molar-refractivity contribution in [1.82, 2.24) is 0 Å². The predicted molar refractivity (Wildman–Crippen MR) is 76.2 cm³/mol. The van der Waals surface area contributed by atoms with Crippen LogP contribution in [-0.2, 0) is 33.2 Å². The molecule has 0 bridgehead atoms. The molecule has 0 N–H and O–H groups in total. The first kappa shape index (κ1) is 17.6. The van der Waals surface area contributed by atoms with Crippen LogP contribution in [0.3, 0.4) is 0 Å². The zero-order valence-electron chi connectivity index (χ0n) is 13.8. The molecule has 2 fully saturated rings. The van der Waals surface area contributed by atoms with E-state index in [1.54, 1.807) is 0 Å². The van der Waals surface area contributed by atoms with Gasteiger partial charge in [-0.05, 0) is 27.7 Å². The number of hydrogen-bond donors (Lipinski definition) is 0. The normalized spacial score (nSPS) is 27.7. The molecule has 7 heteroatoms. The van der Waals surface area contributed by atoms with Gasteiger partial charge in [0.25, 0.3) is 0 Å². The zero-order chi connectivity index (χ0) is 16.2. The third-order valence-corrected chi connectivity index (χ3v) is 3.39. The van der Waals surface area contributed by atoms with Crippen LogP contribution in [-0.4, -0.2) is 62.8 Å². The fourth-order valence-corrected chi connectivity index (χ4v) is 2.19. The molecule has 0 spiro atoms. The van der Waals surface area contributed by atoms with Crippen LogP contribution in [0.15, 0.2) is 0 Å². The van der Waals surface area contributed by atoms with Crippen LogP contribution < -0.4 is 0 Å². The van der Waals surface area contributed by atoms with Gasteiger partial charge in [-0.25, -0.2) is 0 Å². The molecule has 7 nitrogen and oxygen atoms in total. The van der Waals surface area contributed by atoms with E-state index in [1.165, 1.54) is 0 Å². The quantitative estimate of drug-likeness (QED) is 0.682. The van der Waals surface area contributed by atoms with Gasteiger partial charge >= 0.3 is 5.97 Å². The Kier molecular flexibility index (Phi) is 5.79. The molecule has 0 radical (unpaired) electrons. The van der Waals surface area contributed by atoms with Gasteiger partial charge in [0, 0.05) is 0 Å². The molecule has 0 aliphatic carbocycles. The largest absolute Gasteiger partial charge is 0.463 e. The lowest BCUT2D eigenvalue weighted by atomic mass is 10.3. The van der Waals surface area contributed by atoms with Crippen molar-refractivity contribution in [2.75, 3.05) is 33.0 Å². The summed E-state index contributed by atoms with van der Waals surface area (Å²) in [4.78, 5) is 11.6. The second-order valence-corrected chi connectivity index (χ2v) is 6.40. The highest BCUT2D eigenvalue weighted by molar-refractivity contribution is 5.69. The monoisotopic (exact) mass is 318 g/mol. The Morgan fingerprint density at radius 2 is 1.68 bits per heavy atom. The van der Waals surface area contributed by atoms with E-state index in [1.807, 2.05) is 27.7 Å². The fourth-order valence-electron chi connectivity index (χ4n) is 2.19. The Labute approximate surface area is 131 Å². The standard InChI is InChI=1S/C15H26O7/c1-14(2)19-8-11(9-20-14)17-6-5-13(16)18-7-12-10-21-15(3,4)22-12/h11-12H,5-10H2,1-4H3.